The predicted octanol–water partition coefficient (Wildman–Crippen LogP) is 1.32. The van der Waals surface area contributed by atoms with Crippen molar-refractivity contribution in [1.29, 1.82) is 0 Å². The molecular formula is C17H28N4O2. The Morgan fingerprint density at radius 3 is 2.96 bits per heavy atom. The summed E-state index contributed by atoms with van der Waals surface area (Å²) >= 11 is 0. The third kappa shape index (κ3) is 3.58. The van der Waals surface area contributed by atoms with Gasteiger partial charge in [0.15, 0.2) is 0 Å². The van der Waals surface area contributed by atoms with Gasteiger partial charge in [-0.1, -0.05) is 0 Å². The lowest BCUT2D eigenvalue weighted by Crippen LogP contribution is -2.39. The molecule has 1 spiro atoms. The van der Waals surface area contributed by atoms with Crippen molar-refractivity contribution in [1.82, 2.24) is 19.8 Å². The van der Waals surface area contributed by atoms with Crippen LogP contribution in [0.25, 0.3) is 0 Å². The number of imidazole rings is 1. The van der Waals surface area contributed by atoms with Crippen LogP contribution in [-0.4, -0.2) is 53.2 Å². The number of carbonyl (C=O) groups is 1. The fourth-order valence-corrected chi connectivity index (χ4v) is 3.81. The number of hydrogen-bond acceptors (Lipinski definition) is 4. The minimum Gasteiger partial charge on any atom is -0.385 e. The van der Waals surface area contributed by atoms with Crippen LogP contribution in [0.15, 0.2) is 12.4 Å². The zero-order chi connectivity index (χ0) is 16.3. The van der Waals surface area contributed by atoms with Gasteiger partial charge in [-0.3, -0.25) is 4.79 Å². The molecular weight excluding hydrogens is 292 g/mol. The number of amides is 1. The van der Waals surface area contributed by atoms with Crippen molar-refractivity contribution < 1.29 is 9.53 Å². The van der Waals surface area contributed by atoms with E-state index in [0.29, 0.717) is 31.0 Å². The van der Waals surface area contributed by atoms with Crippen LogP contribution in [0, 0.1) is 5.41 Å². The maximum atomic E-state index is 12.8. The smallest absolute Gasteiger partial charge is 0.223 e. The molecule has 0 radical (unpaired) electrons. The van der Waals surface area contributed by atoms with Gasteiger partial charge >= 0.3 is 0 Å². The molecule has 3 rings (SSSR count). The van der Waals surface area contributed by atoms with Gasteiger partial charge in [0.25, 0.3) is 0 Å². The van der Waals surface area contributed by atoms with Crippen LogP contribution < -0.4 is 5.32 Å². The number of hydrogen-bond donors (Lipinski definition) is 1. The molecule has 0 aromatic carbocycles. The molecule has 2 fully saturated rings. The highest BCUT2D eigenvalue weighted by Gasteiger charge is 2.57. The lowest BCUT2D eigenvalue weighted by molar-refractivity contribution is -0.133. The van der Waals surface area contributed by atoms with E-state index in [9.17, 15) is 4.79 Å². The number of carbonyl (C=O) groups excluding carboxylic acids is 1. The normalized spacial score (nSPS) is 22.3. The quantitative estimate of drug-likeness (QED) is 0.770. The van der Waals surface area contributed by atoms with Gasteiger partial charge in [-0.15, -0.1) is 0 Å². The van der Waals surface area contributed by atoms with Crippen molar-refractivity contribution in [2.24, 2.45) is 12.5 Å². The monoisotopic (exact) mass is 320 g/mol. The number of methoxy groups -OCH3 is 1. The maximum Gasteiger partial charge on any atom is 0.223 e. The molecule has 1 saturated carbocycles. The lowest BCUT2D eigenvalue weighted by atomic mass is 9.93. The van der Waals surface area contributed by atoms with E-state index >= 15 is 0 Å². The summed E-state index contributed by atoms with van der Waals surface area (Å²) in [5.41, 5.74) is 0.354. The van der Waals surface area contributed by atoms with Crippen LogP contribution in [0.3, 0.4) is 0 Å². The zero-order valence-corrected chi connectivity index (χ0v) is 14.3. The average Bonchev–Trinajstić information content (AvgIpc) is 3.06. The topological polar surface area (TPSA) is 59.4 Å². The molecule has 2 aliphatic rings. The number of rotatable bonds is 7. The van der Waals surface area contributed by atoms with Crippen LogP contribution in [0.4, 0.5) is 0 Å². The van der Waals surface area contributed by atoms with E-state index in [1.54, 1.807) is 13.3 Å². The Kier molecular flexibility index (Phi) is 5.02. The number of aromatic nitrogens is 2. The SMILES string of the molecule is COCCCC(=O)N(Cc1nccn1C)[C@@H]1CC12CCNCC2. The molecule has 1 aliphatic heterocycles. The summed E-state index contributed by atoms with van der Waals surface area (Å²) < 4.78 is 7.09. The van der Waals surface area contributed by atoms with Crippen molar-refractivity contribution in [2.75, 3.05) is 26.8 Å². The molecule has 128 valence electrons. The first-order valence-electron chi connectivity index (χ1n) is 8.62. The highest BCUT2D eigenvalue weighted by molar-refractivity contribution is 5.77. The first-order valence-corrected chi connectivity index (χ1v) is 8.62. The molecule has 1 amide bonds. The predicted molar refractivity (Wildman–Crippen MR) is 87.8 cm³/mol. The summed E-state index contributed by atoms with van der Waals surface area (Å²) in [6, 6.07) is 0.386. The Morgan fingerprint density at radius 1 is 1.52 bits per heavy atom. The van der Waals surface area contributed by atoms with Gasteiger partial charge in [0.2, 0.25) is 5.91 Å². The van der Waals surface area contributed by atoms with Crippen LogP contribution in [0.1, 0.15) is 37.9 Å². The summed E-state index contributed by atoms with van der Waals surface area (Å²) in [7, 11) is 3.67. The van der Waals surface area contributed by atoms with E-state index in [2.05, 4.69) is 15.2 Å². The summed E-state index contributed by atoms with van der Waals surface area (Å²) in [4.78, 5) is 19.3. The molecule has 1 N–H and O–H groups in total. The Bertz CT molecular complexity index is 536. The number of piperidine rings is 1. The highest BCUT2D eigenvalue weighted by atomic mass is 16.5. The van der Waals surface area contributed by atoms with Gasteiger partial charge in [0.1, 0.15) is 5.82 Å². The Hall–Kier alpha value is -1.40. The van der Waals surface area contributed by atoms with Gasteiger partial charge in [0, 0.05) is 45.6 Å². The molecule has 0 bridgehead atoms. The Morgan fingerprint density at radius 2 is 2.30 bits per heavy atom. The van der Waals surface area contributed by atoms with E-state index in [4.69, 9.17) is 4.74 Å². The molecule has 1 saturated heterocycles. The minimum absolute atomic E-state index is 0.241. The van der Waals surface area contributed by atoms with Gasteiger partial charge in [-0.05, 0) is 44.2 Å². The first kappa shape index (κ1) is 16.5. The lowest BCUT2D eigenvalue weighted by Gasteiger charge is -2.29. The second-order valence-electron chi connectivity index (χ2n) is 6.90. The standard InChI is InChI=1S/C17H28N4O2/c1-20-10-9-19-15(20)13-21(16(22)4-3-11-23-2)14-12-17(14)5-7-18-8-6-17/h9-10,14,18H,3-8,11-13H2,1-2H3/t14-/m1/s1. The highest BCUT2D eigenvalue weighted by Crippen LogP contribution is 2.56. The molecule has 1 aliphatic carbocycles. The van der Waals surface area contributed by atoms with Crippen molar-refractivity contribution >= 4 is 5.91 Å². The molecule has 1 aromatic heterocycles. The van der Waals surface area contributed by atoms with E-state index in [0.717, 1.165) is 31.8 Å². The molecule has 2 heterocycles. The van der Waals surface area contributed by atoms with Gasteiger partial charge in [-0.2, -0.15) is 0 Å². The summed E-state index contributed by atoms with van der Waals surface area (Å²) in [5, 5.41) is 3.43. The number of ether oxygens (including phenoxy) is 1. The second-order valence-corrected chi connectivity index (χ2v) is 6.90. The van der Waals surface area contributed by atoms with Crippen molar-refractivity contribution in [3.8, 4) is 0 Å². The van der Waals surface area contributed by atoms with Gasteiger partial charge < -0.3 is 19.5 Å². The van der Waals surface area contributed by atoms with Crippen LogP contribution in [0.5, 0.6) is 0 Å². The second kappa shape index (κ2) is 7.01. The molecule has 6 heteroatoms. The zero-order valence-electron chi connectivity index (χ0n) is 14.3. The van der Waals surface area contributed by atoms with Gasteiger partial charge in [0.05, 0.1) is 6.54 Å². The van der Waals surface area contributed by atoms with Crippen molar-refractivity contribution in [2.45, 2.75) is 44.7 Å². The van der Waals surface area contributed by atoms with Crippen LogP contribution >= 0.6 is 0 Å². The van der Waals surface area contributed by atoms with E-state index in [-0.39, 0.29) is 5.91 Å². The number of aryl methyl sites for hydroxylation is 1. The Balaban J connectivity index is 1.69. The summed E-state index contributed by atoms with van der Waals surface area (Å²) in [5.74, 6) is 1.20. The molecule has 1 aromatic rings. The third-order valence-electron chi connectivity index (χ3n) is 5.41. The largest absolute Gasteiger partial charge is 0.385 e. The van der Waals surface area contributed by atoms with E-state index in [1.165, 1.54) is 12.8 Å². The van der Waals surface area contributed by atoms with Gasteiger partial charge in [-0.25, -0.2) is 4.98 Å². The van der Waals surface area contributed by atoms with Crippen molar-refractivity contribution in [3.63, 3.8) is 0 Å². The molecule has 23 heavy (non-hydrogen) atoms. The first-order chi connectivity index (χ1) is 11.2. The average molecular weight is 320 g/mol. The number of nitrogens with zero attached hydrogens (tertiary/aromatic N) is 3. The molecule has 0 unspecified atom stereocenters. The fourth-order valence-electron chi connectivity index (χ4n) is 3.81. The third-order valence-corrected chi connectivity index (χ3v) is 5.41. The van der Waals surface area contributed by atoms with Crippen LogP contribution in [-0.2, 0) is 23.1 Å². The molecule has 1 atom stereocenters. The maximum absolute atomic E-state index is 12.8. The van der Waals surface area contributed by atoms with Crippen molar-refractivity contribution in [3.05, 3.63) is 18.2 Å². The molecule has 6 nitrogen and oxygen atoms in total. The summed E-state index contributed by atoms with van der Waals surface area (Å²) in [6.07, 6.45) is 8.60. The van der Waals surface area contributed by atoms with Crippen LogP contribution in [0.2, 0.25) is 0 Å². The van der Waals surface area contributed by atoms with E-state index in [1.807, 2.05) is 17.8 Å². The van der Waals surface area contributed by atoms with E-state index < -0.39 is 0 Å². The number of nitrogens with one attached hydrogen (secondary N) is 1. The summed E-state index contributed by atoms with van der Waals surface area (Å²) in [6.45, 7) is 3.41. The Labute approximate surface area is 138 Å². The minimum atomic E-state index is 0.241. The fraction of sp³-hybridized carbons (Fsp3) is 0.765.